The van der Waals surface area contributed by atoms with E-state index in [1.165, 1.54) is 12.1 Å². The van der Waals surface area contributed by atoms with E-state index in [4.69, 9.17) is 14.6 Å². The second-order valence-corrected chi connectivity index (χ2v) is 4.35. The van der Waals surface area contributed by atoms with E-state index in [0.717, 1.165) is 17.3 Å². The Morgan fingerprint density at radius 3 is 2.71 bits per heavy atom. The molecule has 4 nitrogen and oxygen atoms in total. The Morgan fingerprint density at radius 2 is 2.06 bits per heavy atom. The van der Waals surface area contributed by atoms with E-state index in [2.05, 4.69) is 15.9 Å². The van der Waals surface area contributed by atoms with Gasteiger partial charge in [0.1, 0.15) is 5.75 Å². The zero-order chi connectivity index (χ0) is 12.7. The van der Waals surface area contributed by atoms with Gasteiger partial charge in [0.2, 0.25) is 0 Å². The lowest BCUT2D eigenvalue weighted by Gasteiger charge is -2.08. The standard InChI is InChI=1S/C12H15BrO4/c1-16-6-2-3-7-17-11-8-9(12(14)15)4-5-10(11)13/h4-5,8H,2-3,6-7H2,1H3,(H,14,15). The zero-order valence-corrected chi connectivity index (χ0v) is 11.2. The minimum atomic E-state index is -0.957. The normalized spacial score (nSPS) is 10.2. The van der Waals surface area contributed by atoms with Crippen LogP contribution in [0, 0.1) is 0 Å². The fraction of sp³-hybridized carbons (Fsp3) is 0.417. The molecule has 0 radical (unpaired) electrons. The van der Waals surface area contributed by atoms with Gasteiger partial charge in [-0.2, -0.15) is 0 Å². The Bertz CT molecular complexity index is 379. The average Bonchev–Trinajstić information content (AvgIpc) is 2.30. The smallest absolute Gasteiger partial charge is 0.335 e. The summed E-state index contributed by atoms with van der Waals surface area (Å²) in [7, 11) is 1.66. The maximum absolute atomic E-state index is 10.8. The van der Waals surface area contributed by atoms with Crippen molar-refractivity contribution in [3.05, 3.63) is 28.2 Å². The molecule has 0 bridgehead atoms. The summed E-state index contributed by atoms with van der Waals surface area (Å²) in [6.07, 6.45) is 1.80. The van der Waals surface area contributed by atoms with E-state index < -0.39 is 5.97 Å². The maximum Gasteiger partial charge on any atom is 0.335 e. The van der Waals surface area contributed by atoms with Gasteiger partial charge < -0.3 is 14.6 Å². The van der Waals surface area contributed by atoms with Gasteiger partial charge in [0.05, 0.1) is 16.6 Å². The van der Waals surface area contributed by atoms with Crippen molar-refractivity contribution in [2.24, 2.45) is 0 Å². The van der Waals surface area contributed by atoms with Gasteiger partial charge in [-0.1, -0.05) is 0 Å². The van der Waals surface area contributed by atoms with Crippen LogP contribution in [0.3, 0.4) is 0 Å². The van der Waals surface area contributed by atoms with Crippen LogP contribution in [0.25, 0.3) is 0 Å². The molecule has 1 aromatic rings. The molecule has 0 atom stereocenters. The Balaban J connectivity index is 2.51. The van der Waals surface area contributed by atoms with Gasteiger partial charge in [-0.05, 0) is 47.0 Å². The van der Waals surface area contributed by atoms with Crippen molar-refractivity contribution in [3.63, 3.8) is 0 Å². The van der Waals surface area contributed by atoms with Crippen LogP contribution in [0.1, 0.15) is 23.2 Å². The number of ether oxygens (including phenoxy) is 2. The van der Waals surface area contributed by atoms with E-state index >= 15 is 0 Å². The molecule has 0 saturated heterocycles. The number of methoxy groups -OCH3 is 1. The molecular formula is C12H15BrO4. The highest BCUT2D eigenvalue weighted by Gasteiger charge is 2.07. The SMILES string of the molecule is COCCCCOc1cc(C(=O)O)ccc1Br. The Hall–Kier alpha value is -1.07. The van der Waals surface area contributed by atoms with Crippen LogP contribution in [0.4, 0.5) is 0 Å². The fourth-order valence-electron chi connectivity index (χ4n) is 1.28. The van der Waals surface area contributed by atoms with Crippen LogP contribution in [-0.4, -0.2) is 31.4 Å². The summed E-state index contributed by atoms with van der Waals surface area (Å²) in [5.41, 5.74) is 0.222. The maximum atomic E-state index is 10.8. The van der Waals surface area contributed by atoms with Gasteiger partial charge >= 0.3 is 5.97 Å². The lowest BCUT2D eigenvalue weighted by Crippen LogP contribution is -2.02. The molecule has 1 rings (SSSR count). The first-order chi connectivity index (χ1) is 8.15. The van der Waals surface area contributed by atoms with Gasteiger partial charge in [-0.3, -0.25) is 0 Å². The quantitative estimate of drug-likeness (QED) is 0.787. The monoisotopic (exact) mass is 302 g/mol. The summed E-state index contributed by atoms with van der Waals surface area (Å²) < 4.78 is 11.2. The molecule has 0 saturated carbocycles. The molecule has 0 heterocycles. The highest BCUT2D eigenvalue weighted by molar-refractivity contribution is 9.10. The highest BCUT2D eigenvalue weighted by Crippen LogP contribution is 2.26. The Kier molecular flexibility index (Phi) is 6.00. The largest absolute Gasteiger partial charge is 0.492 e. The number of benzene rings is 1. The summed E-state index contributed by atoms with van der Waals surface area (Å²) in [6, 6.07) is 4.72. The highest BCUT2D eigenvalue weighted by atomic mass is 79.9. The number of hydrogen-bond acceptors (Lipinski definition) is 3. The van der Waals surface area contributed by atoms with E-state index in [1.54, 1.807) is 13.2 Å². The van der Waals surface area contributed by atoms with Gasteiger partial charge in [0, 0.05) is 13.7 Å². The number of rotatable bonds is 7. The average molecular weight is 303 g/mol. The van der Waals surface area contributed by atoms with Crippen molar-refractivity contribution >= 4 is 21.9 Å². The molecule has 0 aliphatic rings. The number of halogens is 1. The molecule has 5 heteroatoms. The third kappa shape index (κ3) is 4.75. The predicted octanol–water partition coefficient (Wildman–Crippen LogP) is 2.95. The van der Waals surface area contributed by atoms with Gasteiger partial charge in [0.15, 0.2) is 0 Å². The molecule has 0 amide bonds. The third-order valence-electron chi connectivity index (χ3n) is 2.18. The van der Waals surface area contributed by atoms with Gasteiger partial charge in [0.25, 0.3) is 0 Å². The molecule has 94 valence electrons. The molecule has 1 aromatic carbocycles. The third-order valence-corrected chi connectivity index (χ3v) is 2.83. The van der Waals surface area contributed by atoms with E-state index in [9.17, 15) is 4.79 Å². The van der Waals surface area contributed by atoms with Crippen LogP contribution in [-0.2, 0) is 4.74 Å². The second kappa shape index (κ2) is 7.29. The first kappa shape index (κ1) is 14.0. The molecule has 0 aliphatic heterocycles. The van der Waals surface area contributed by atoms with Gasteiger partial charge in [-0.15, -0.1) is 0 Å². The molecular weight excluding hydrogens is 288 g/mol. The predicted molar refractivity (Wildman–Crippen MR) is 67.7 cm³/mol. The van der Waals surface area contributed by atoms with Crippen molar-refractivity contribution in [3.8, 4) is 5.75 Å². The zero-order valence-electron chi connectivity index (χ0n) is 9.61. The number of carbonyl (C=O) groups is 1. The number of unbranched alkanes of at least 4 members (excludes halogenated alkanes) is 1. The summed E-state index contributed by atoms with van der Waals surface area (Å²) in [4.78, 5) is 10.8. The molecule has 17 heavy (non-hydrogen) atoms. The minimum absolute atomic E-state index is 0.222. The fourth-order valence-corrected chi connectivity index (χ4v) is 1.64. The van der Waals surface area contributed by atoms with Crippen LogP contribution >= 0.6 is 15.9 Å². The van der Waals surface area contributed by atoms with E-state index in [1.807, 2.05) is 0 Å². The van der Waals surface area contributed by atoms with Crippen LogP contribution in [0.15, 0.2) is 22.7 Å². The molecule has 0 aliphatic carbocycles. The second-order valence-electron chi connectivity index (χ2n) is 3.50. The van der Waals surface area contributed by atoms with Crippen molar-refractivity contribution in [1.29, 1.82) is 0 Å². The van der Waals surface area contributed by atoms with E-state index in [0.29, 0.717) is 19.0 Å². The first-order valence-electron chi connectivity index (χ1n) is 5.29. The Morgan fingerprint density at radius 1 is 1.35 bits per heavy atom. The van der Waals surface area contributed by atoms with Crippen molar-refractivity contribution in [1.82, 2.24) is 0 Å². The topological polar surface area (TPSA) is 55.8 Å². The molecule has 0 unspecified atom stereocenters. The summed E-state index contributed by atoms with van der Waals surface area (Å²) in [6.45, 7) is 1.25. The summed E-state index contributed by atoms with van der Waals surface area (Å²) >= 11 is 3.32. The summed E-state index contributed by atoms with van der Waals surface area (Å²) in [5, 5.41) is 8.85. The first-order valence-corrected chi connectivity index (χ1v) is 6.09. The number of hydrogen-bond donors (Lipinski definition) is 1. The lowest BCUT2D eigenvalue weighted by molar-refractivity contribution is 0.0696. The Labute approximate surface area is 109 Å². The van der Waals surface area contributed by atoms with Crippen molar-refractivity contribution < 1.29 is 19.4 Å². The molecule has 0 aromatic heterocycles. The number of carboxylic acids is 1. The molecule has 0 spiro atoms. The lowest BCUT2D eigenvalue weighted by atomic mass is 10.2. The van der Waals surface area contributed by atoms with Gasteiger partial charge in [-0.25, -0.2) is 4.79 Å². The summed E-state index contributed by atoms with van der Waals surface area (Å²) in [5.74, 6) is -0.399. The molecule has 1 N–H and O–H groups in total. The van der Waals surface area contributed by atoms with Crippen LogP contribution in [0.2, 0.25) is 0 Å². The van der Waals surface area contributed by atoms with Crippen molar-refractivity contribution in [2.45, 2.75) is 12.8 Å². The number of aromatic carboxylic acids is 1. The van der Waals surface area contributed by atoms with E-state index in [-0.39, 0.29) is 5.56 Å². The van der Waals surface area contributed by atoms with Crippen molar-refractivity contribution in [2.75, 3.05) is 20.3 Å². The molecule has 0 fully saturated rings. The minimum Gasteiger partial charge on any atom is -0.492 e. The van der Waals surface area contributed by atoms with Crippen LogP contribution < -0.4 is 4.74 Å². The van der Waals surface area contributed by atoms with Crippen LogP contribution in [0.5, 0.6) is 5.75 Å². The number of carboxylic acid groups (broad SMARTS) is 1.